The van der Waals surface area contributed by atoms with Crippen LogP contribution in [0.2, 0.25) is 5.02 Å². The summed E-state index contributed by atoms with van der Waals surface area (Å²) in [7, 11) is 0. The predicted octanol–water partition coefficient (Wildman–Crippen LogP) is 2.32. The normalized spacial score (nSPS) is 23.7. The van der Waals surface area contributed by atoms with Crippen LogP contribution in [0.15, 0.2) is 42.5 Å². The van der Waals surface area contributed by atoms with E-state index in [-0.39, 0.29) is 18.0 Å². The Bertz CT molecular complexity index is 915. The lowest BCUT2D eigenvalue weighted by Crippen LogP contribution is -2.53. The van der Waals surface area contributed by atoms with Crippen LogP contribution in [0.5, 0.6) is 11.5 Å². The van der Waals surface area contributed by atoms with E-state index in [0.29, 0.717) is 6.79 Å². The summed E-state index contributed by atoms with van der Waals surface area (Å²) >= 11 is 5.97. The third-order valence-electron chi connectivity index (χ3n) is 6.00. The Hall–Kier alpha value is -2.32. The minimum absolute atomic E-state index is 0.114. The molecular weight excluding hydrogens is 404 g/mol. The maximum atomic E-state index is 13.0. The lowest BCUT2D eigenvalue weighted by molar-refractivity contribution is -0.135. The van der Waals surface area contributed by atoms with Gasteiger partial charge in [0.25, 0.3) is 0 Å². The average molecular weight is 429 g/mol. The van der Waals surface area contributed by atoms with Crippen molar-refractivity contribution in [3.8, 4) is 11.5 Å². The molecule has 158 valence electrons. The number of hydrazine groups is 1. The number of fused-ring (bicyclic) bond motifs is 1. The summed E-state index contributed by atoms with van der Waals surface area (Å²) in [5.41, 5.74) is 8.76. The first kappa shape index (κ1) is 19.6. The number of benzene rings is 2. The van der Waals surface area contributed by atoms with Gasteiger partial charge in [-0.2, -0.15) is 0 Å². The van der Waals surface area contributed by atoms with E-state index in [2.05, 4.69) is 21.8 Å². The highest BCUT2D eigenvalue weighted by Gasteiger charge is 2.34. The Morgan fingerprint density at radius 3 is 2.57 bits per heavy atom. The van der Waals surface area contributed by atoms with Gasteiger partial charge in [-0.1, -0.05) is 29.8 Å². The van der Waals surface area contributed by atoms with Crippen molar-refractivity contribution in [2.45, 2.75) is 25.0 Å². The van der Waals surface area contributed by atoms with Crippen LogP contribution in [0.25, 0.3) is 0 Å². The number of ether oxygens (including phenoxy) is 2. The third-order valence-corrected chi connectivity index (χ3v) is 6.25. The fourth-order valence-electron chi connectivity index (χ4n) is 4.28. The van der Waals surface area contributed by atoms with E-state index in [1.165, 1.54) is 5.56 Å². The second-order valence-electron chi connectivity index (χ2n) is 7.97. The molecular formula is C22H25ClN4O3. The number of rotatable bonds is 4. The van der Waals surface area contributed by atoms with Crippen LogP contribution < -0.4 is 20.3 Å². The Labute approximate surface area is 180 Å². The first-order valence-corrected chi connectivity index (χ1v) is 10.7. The fourth-order valence-corrected chi connectivity index (χ4v) is 4.40. The second-order valence-corrected chi connectivity index (χ2v) is 8.41. The summed E-state index contributed by atoms with van der Waals surface area (Å²) in [5, 5.41) is 0.718. The van der Waals surface area contributed by atoms with Gasteiger partial charge in [0, 0.05) is 43.8 Å². The largest absolute Gasteiger partial charge is 0.454 e. The molecule has 0 saturated carbocycles. The van der Waals surface area contributed by atoms with E-state index in [0.717, 1.165) is 61.2 Å². The molecule has 0 radical (unpaired) electrons. The van der Waals surface area contributed by atoms with Gasteiger partial charge in [-0.05, 0) is 41.8 Å². The Morgan fingerprint density at radius 1 is 1.00 bits per heavy atom. The standard InChI is InChI=1S/C22H25ClN4O3/c23-17-4-2-16(3-5-17)18-12-19(25-24-18)22(28)27-9-7-26(8-10-27)13-15-1-6-20-21(11-15)30-14-29-20/h1-6,11,18-19,24-25H,7-10,12-14H2. The van der Waals surface area contributed by atoms with Gasteiger partial charge >= 0.3 is 0 Å². The van der Waals surface area contributed by atoms with Gasteiger partial charge in [0.05, 0.1) is 0 Å². The number of hydrogen-bond donors (Lipinski definition) is 2. The zero-order chi connectivity index (χ0) is 20.5. The molecule has 2 aromatic carbocycles. The molecule has 0 bridgehead atoms. The molecule has 30 heavy (non-hydrogen) atoms. The van der Waals surface area contributed by atoms with E-state index in [1.54, 1.807) is 0 Å². The molecule has 2 saturated heterocycles. The molecule has 3 heterocycles. The highest BCUT2D eigenvalue weighted by atomic mass is 35.5. The number of carbonyl (C=O) groups excluding carboxylic acids is 1. The molecule has 5 rings (SSSR count). The highest BCUT2D eigenvalue weighted by molar-refractivity contribution is 6.30. The van der Waals surface area contributed by atoms with E-state index in [9.17, 15) is 4.79 Å². The van der Waals surface area contributed by atoms with Crippen molar-refractivity contribution in [3.05, 3.63) is 58.6 Å². The van der Waals surface area contributed by atoms with Crippen molar-refractivity contribution in [2.75, 3.05) is 33.0 Å². The summed E-state index contributed by atoms with van der Waals surface area (Å²) in [6, 6.07) is 13.8. The smallest absolute Gasteiger partial charge is 0.241 e. The maximum absolute atomic E-state index is 13.0. The van der Waals surface area contributed by atoms with Gasteiger partial charge in [-0.25, -0.2) is 10.9 Å². The Balaban J connectivity index is 1.12. The minimum atomic E-state index is -0.203. The zero-order valence-electron chi connectivity index (χ0n) is 16.6. The molecule has 2 unspecified atom stereocenters. The van der Waals surface area contributed by atoms with Crippen molar-refractivity contribution in [1.82, 2.24) is 20.7 Å². The van der Waals surface area contributed by atoms with Crippen molar-refractivity contribution < 1.29 is 14.3 Å². The monoisotopic (exact) mass is 428 g/mol. The number of carbonyl (C=O) groups is 1. The van der Waals surface area contributed by atoms with E-state index in [1.807, 2.05) is 41.3 Å². The van der Waals surface area contributed by atoms with Gasteiger partial charge in [0.2, 0.25) is 12.7 Å². The lowest BCUT2D eigenvalue weighted by atomic mass is 10.0. The first-order valence-electron chi connectivity index (χ1n) is 10.3. The molecule has 3 aliphatic heterocycles. The van der Waals surface area contributed by atoms with Gasteiger partial charge < -0.3 is 14.4 Å². The molecule has 0 aliphatic carbocycles. The van der Waals surface area contributed by atoms with Crippen molar-refractivity contribution >= 4 is 17.5 Å². The van der Waals surface area contributed by atoms with E-state index in [4.69, 9.17) is 21.1 Å². The number of nitrogens with zero attached hydrogens (tertiary/aromatic N) is 2. The molecule has 7 nitrogen and oxygen atoms in total. The molecule has 2 aromatic rings. The number of piperazine rings is 1. The SMILES string of the molecule is O=C(C1CC(c2ccc(Cl)cc2)NN1)N1CCN(Cc2ccc3c(c2)OCO3)CC1. The van der Waals surface area contributed by atoms with Gasteiger partial charge in [0.1, 0.15) is 6.04 Å². The summed E-state index contributed by atoms with van der Waals surface area (Å²) in [4.78, 5) is 17.3. The van der Waals surface area contributed by atoms with Crippen molar-refractivity contribution in [1.29, 1.82) is 0 Å². The highest BCUT2D eigenvalue weighted by Crippen LogP contribution is 2.33. The van der Waals surface area contributed by atoms with Crippen LogP contribution in [0.3, 0.4) is 0 Å². The molecule has 1 amide bonds. The number of nitrogens with one attached hydrogen (secondary N) is 2. The first-order chi connectivity index (χ1) is 14.7. The van der Waals surface area contributed by atoms with E-state index >= 15 is 0 Å². The van der Waals surface area contributed by atoms with Gasteiger partial charge in [-0.15, -0.1) is 0 Å². The predicted molar refractivity (Wildman–Crippen MR) is 113 cm³/mol. The van der Waals surface area contributed by atoms with E-state index < -0.39 is 0 Å². The van der Waals surface area contributed by atoms with Crippen molar-refractivity contribution in [3.63, 3.8) is 0 Å². The number of hydrogen-bond acceptors (Lipinski definition) is 6. The summed E-state index contributed by atoms with van der Waals surface area (Å²) in [6.07, 6.45) is 0.734. The van der Waals surface area contributed by atoms with Crippen LogP contribution in [0.1, 0.15) is 23.6 Å². The average Bonchev–Trinajstić information content (AvgIpc) is 3.44. The zero-order valence-corrected chi connectivity index (χ0v) is 17.4. The Kier molecular flexibility index (Phi) is 5.52. The number of amides is 1. The third kappa shape index (κ3) is 4.11. The topological polar surface area (TPSA) is 66.1 Å². The quantitative estimate of drug-likeness (QED) is 0.779. The van der Waals surface area contributed by atoms with Gasteiger partial charge in [0.15, 0.2) is 11.5 Å². The minimum Gasteiger partial charge on any atom is -0.454 e. The van der Waals surface area contributed by atoms with Crippen LogP contribution in [0.4, 0.5) is 0 Å². The van der Waals surface area contributed by atoms with Crippen LogP contribution in [0, 0.1) is 0 Å². The summed E-state index contributed by atoms with van der Waals surface area (Å²) in [6.45, 7) is 4.35. The lowest BCUT2D eigenvalue weighted by Gasteiger charge is -2.35. The fraction of sp³-hybridized carbons (Fsp3) is 0.409. The molecule has 3 aliphatic rings. The molecule has 2 N–H and O–H groups in total. The summed E-state index contributed by atoms with van der Waals surface area (Å²) < 4.78 is 10.8. The molecule has 0 spiro atoms. The second kappa shape index (κ2) is 8.43. The molecule has 2 atom stereocenters. The molecule has 0 aromatic heterocycles. The maximum Gasteiger partial charge on any atom is 0.241 e. The number of halogens is 1. The summed E-state index contributed by atoms with van der Waals surface area (Å²) in [5.74, 6) is 1.79. The Morgan fingerprint density at radius 2 is 1.77 bits per heavy atom. The molecule has 2 fully saturated rings. The van der Waals surface area contributed by atoms with Crippen molar-refractivity contribution in [2.24, 2.45) is 0 Å². The van der Waals surface area contributed by atoms with Crippen LogP contribution in [-0.2, 0) is 11.3 Å². The van der Waals surface area contributed by atoms with Crippen LogP contribution >= 0.6 is 11.6 Å². The van der Waals surface area contributed by atoms with Gasteiger partial charge in [-0.3, -0.25) is 9.69 Å². The molecule has 8 heteroatoms. The van der Waals surface area contributed by atoms with Crippen LogP contribution in [-0.4, -0.2) is 54.7 Å².